The number of benzene rings is 3. The van der Waals surface area contributed by atoms with Gasteiger partial charge in [-0.2, -0.15) is 0 Å². The summed E-state index contributed by atoms with van der Waals surface area (Å²) in [5.74, 6) is 0.725. The average Bonchev–Trinajstić information content (AvgIpc) is 3.32. The Morgan fingerprint density at radius 3 is 2.26 bits per heavy atom. The maximum Gasteiger partial charge on any atom is 0.234 e. The molecule has 0 saturated heterocycles. The minimum Gasteiger partial charge on any atom is -0.339 e. The van der Waals surface area contributed by atoms with Gasteiger partial charge >= 0.3 is 0 Å². The molecule has 8 heteroatoms. The number of amides is 2. The first-order valence-electron chi connectivity index (χ1n) is 11.4. The quantitative estimate of drug-likeness (QED) is 0.336. The van der Waals surface area contributed by atoms with Gasteiger partial charge in [0.1, 0.15) is 0 Å². The number of hydrogen-bond donors (Lipinski definition) is 1. The summed E-state index contributed by atoms with van der Waals surface area (Å²) in [6.07, 6.45) is 0. The molecule has 178 valence electrons. The van der Waals surface area contributed by atoms with E-state index in [2.05, 4.69) is 15.5 Å². The van der Waals surface area contributed by atoms with Gasteiger partial charge in [0.25, 0.3) is 0 Å². The zero-order valence-electron chi connectivity index (χ0n) is 19.7. The maximum absolute atomic E-state index is 12.9. The van der Waals surface area contributed by atoms with Crippen molar-refractivity contribution in [2.24, 2.45) is 0 Å². The molecule has 0 aliphatic heterocycles. The molecule has 1 N–H and O–H groups in total. The molecular formula is C27H27N5O2S. The van der Waals surface area contributed by atoms with Crippen LogP contribution in [0.25, 0.3) is 17.1 Å². The van der Waals surface area contributed by atoms with Crippen molar-refractivity contribution < 1.29 is 9.59 Å². The third-order valence-electron chi connectivity index (χ3n) is 5.49. The van der Waals surface area contributed by atoms with Crippen LogP contribution in [0.1, 0.15) is 19.4 Å². The summed E-state index contributed by atoms with van der Waals surface area (Å²) in [5, 5.41) is 12.4. The average molecular weight is 486 g/mol. The number of rotatable bonds is 9. The van der Waals surface area contributed by atoms with E-state index in [1.165, 1.54) is 11.8 Å². The highest BCUT2D eigenvalue weighted by Crippen LogP contribution is 2.28. The molecule has 4 rings (SSSR count). The van der Waals surface area contributed by atoms with Crippen molar-refractivity contribution in [1.82, 2.24) is 19.7 Å². The fourth-order valence-electron chi connectivity index (χ4n) is 3.70. The van der Waals surface area contributed by atoms with Crippen LogP contribution in [0.4, 0.5) is 5.69 Å². The molecule has 35 heavy (non-hydrogen) atoms. The van der Waals surface area contributed by atoms with E-state index in [4.69, 9.17) is 0 Å². The molecule has 1 aromatic heterocycles. The van der Waals surface area contributed by atoms with E-state index in [-0.39, 0.29) is 17.6 Å². The zero-order valence-corrected chi connectivity index (χ0v) is 20.5. The van der Waals surface area contributed by atoms with E-state index in [1.807, 2.05) is 96.4 Å². The Labute approximate surface area is 209 Å². The molecule has 0 saturated carbocycles. The van der Waals surface area contributed by atoms with Gasteiger partial charge in [-0.05, 0) is 30.7 Å². The van der Waals surface area contributed by atoms with Crippen molar-refractivity contribution in [3.8, 4) is 17.1 Å². The first-order chi connectivity index (χ1) is 17.1. The molecule has 0 bridgehead atoms. The Balaban J connectivity index is 1.52. The summed E-state index contributed by atoms with van der Waals surface area (Å²) in [7, 11) is 0. The van der Waals surface area contributed by atoms with E-state index in [0.29, 0.717) is 29.8 Å². The second-order valence-electron chi connectivity index (χ2n) is 7.87. The van der Waals surface area contributed by atoms with Gasteiger partial charge in [0.05, 0.1) is 5.75 Å². The van der Waals surface area contributed by atoms with Crippen molar-refractivity contribution in [3.63, 3.8) is 0 Å². The number of nitrogens with one attached hydrogen (secondary N) is 1. The fourth-order valence-corrected chi connectivity index (χ4v) is 4.45. The molecule has 0 radical (unpaired) electrons. The second kappa shape index (κ2) is 11.5. The standard InChI is InChI=1S/C27H27N5O2S/c1-3-31(20(2)33)18-22-14-10-11-17-24(22)28-25(34)19-35-27-30-29-26(21-12-6-4-7-13-21)32(27)23-15-8-5-9-16-23/h4-17H,3,18-19H2,1-2H3,(H,28,34). The Morgan fingerprint density at radius 2 is 1.57 bits per heavy atom. The van der Waals surface area contributed by atoms with Crippen molar-refractivity contribution in [2.75, 3.05) is 17.6 Å². The predicted molar refractivity (Wildman–Crippen MR) is 139 cm³/mol. The van der Waals surface area contributed by atoms with Crippen LogP contribution in [-0.2, 0) is 16.1 Å². The van der Waals surface area contributed by atoms with Crippen molar-refractivity contribution >= 4 is 29.3 Å². The van der Waals surface area contributed by atoms with Gasteiger partial charge in [0.15, 0.2) is 11.0 Å². The van der Waals surface area contributed by atoms with Crippen LogP contribution < -0.4 is 5.32 Å². The van der Waals surface area contributed by atoms with Crippen molar-refractivity contribution in [3.05, 3.63) is 90.5 Å². The van der Waals surface area contributed by atoms with E-state index in [9.17, 15) is 9.59 Å². The van der Waals surface area contributed by atoms with Crippen LogP contribution in [0.5, 0.6) is 0 Å². The number of hydrogen-bond acceptors (Lipinski definition) is 5. The Bertz CT molecular complexity index is 1290. The summed E-state index contributed by atoms with van der Waals surface area (Å²) < 4.78 is 1.97. The van der Waals surface area contributed by atoms with Gasteiger partial charge in [0, 0.05) is 37.0 Å². The first-order valence-corrected chi connectivity index (χ1v) is 12.4. The van der Waals surface area contributed by atoms with Crippen LogP contribution in [0, 0.1) is 0 Å². The molecule has 0 atom stereocenters. The van der Waals surface area contributed by atoms with Crippen LogP contribution in [0.2, 0.25) is 0 Å². The Morgan fingerprint density at radius 1 is 0.914 bits per heavy atom. The third-order valence-corrected chi connectivity index (χ3v) is 6.42. The van der Waals surface area contributed by atoms with Crippen LogP contribution >= 0.6 is 11.8 Å². The van der Waals surface area contributed by atoms with E-state index in [0.717, 1.165) is 16.8 Å². The molecular weight excluding hydrogens is 458 g/mol. The molecule has 2 amide bonds. The van der Waals surface area contributed by atoms with Crippen LogP contribution in [0.15, 0.2) is 90.1 Å². The van der Waals surface area contributed by atoms with Gasteiger partial charge in [-0.1, -0.05) is 78.5 Å². The molecule has 4 aromatic rings. The third kappa shape index (κ3) is 5.96. The summed E-state index contributed by atoms with van der Waals surface area (Å²) in [6.45, 7) is 4.53. The highest BCUT2D eigenvalue weighted by Gasteiger charge is 2.18. The normalized spacial score (nSPS) is 10.7. The highest BCUT2D eigenvalue weighted by atomic mass is 32.2. The second-order valence-corrected chi connectivity index (χ2v) is 8.81. The zero-order chi connectivity index (χ0) is 24.6. The molecule has 0 unspecified atom stereocenters. The minimum absolute atomic E-state index is 0.00125. The van der Waals surface area contributed by atoms with Gasteiger partial charge in [-0.3, -0.25) is 14.2 Å². The molecule has 0 spiro atoms. The smallest absolute Gasteiger partial charge is 0.234 e. The van der Waals surface area contributed by atoms with E-state index >= 15 is 0 Å². The first kappa shape index (κ1) is 24.2. The predicted octanol–water partition coefficient (Wildman–Crippen LogP) is 5.03. The number of aromatic nitrogens is 3. The number of anilines is 1. The monoisotopic (exact) mass is 485 g/mol. The van der Waals surface area contributed by atoms with Crippen LogP contribution in [-0.4, -0.2) is 43.8 Å². The fraction of sp³-hybridized carbons (Fsp3) is 0.185. The summed E-state index contributed by atoms with van der Waals surface area (Å²) in [5.41, 5.74) is 3.46. The lowest BCUT2D eigenvalue weighted by molar-refractivity contribution is -0.129. The number of nitrogens with zero attached hydrogens (tertiary/aromatic N) is 4. The van der Waals surface area contributed by atoms with Gasteiger partial charge in [-0.25, -0.2) is 0 Å². The minimum atomic E-state index is -0.155. The van der Waals surface area contributed by atoms with Gasteiger partial charge < -0.3 is 10.2 Å². The molecule has 1 heterocycles. The van der Waals surface area contributed by atoms with Crippen molar-refractivity contribution in [1.29, 1.82) is 0 Å². The summed E-state index contributed by atoms with van der Waals surface area (Å²) >= 11 is 1.33. The lowest BCUT2D eigenvalue weighted by atomic mass is 10.1. The summed E-state index contributed by atoms with van der Waals surface area (Å²) in [6, 6.07) is 27.3. The molecule has 7 nitrogen and oxygen atoms in total. The van der Waals surface area contributed by atoms with Gasteiger partial charge in [-0.15, -0.1) is 10.2 Å². The van der Waals surface area contributed by atoms with Gasteiger partial charge in [0.2, 0.25) is 11.8 Å². The molecule has 3 aromatic carbocycles. The topological polar surface area (TPSA) is 80.1 Å². The van der Waals surface area contributed by atoms with Crippen molar-refractivity contribution in [2.45, 2.75) is 25.5 Å². The maximum atomic E-state index is 12.9. The lowest BCUT2D eigenvalue weighted by Crippen LogP contribution is -2.28. The molecule has 0 aliphatic carbocycles. The Kier molecular flexibility index (Phi) is 7.95. The van der Waals surface area contributed by atoms with E-state index < -0.39 is 0 Å². The van der Waals surface area contributed by atoms with E-state index in [1.54, 1.807) is 11.8 Å². The number of para-hydroxylation sites is 2. The molecule has 0 fully saturated rings. The largest absolute Gasteiger partial charge is 0.339 e. The van der Waals surface area contributed by atoms with Crippen LogP contribution in [0.3, 0.4) is 0 Å². The number of thioether (sulfide) groups is 1. The lowest BCUT2D eigenvalue weighted by Gasteiger charge is -2.21. The molecule has 0 aliphatic rings. The number of carbonyl (C=O) groups excluding carboxylic acids is 2. The highest BCUT2D eigenvalue weighted by molar-refractivity contribution is 7.99. The SMILES string of the molecule is CCN(Cc1ccccc1NC(=O)CSc1nnc(-c2ccccc2)n1-c1ccccc1)C(C)=O. The Hall–Kier alpha value is -3.91. The number of carbonyl (C=O) groups is 2. The summed E-state index contributed by atoms with van der Waals surface area (Å²) in [4.78, 5) is 26.5.